The largest absolute Gasteiger partial charge is 0.362 e. The summed E-state index contributed by atoms with van der Waals surface area (Å²) in [5.41, 5.74) is 1.34. The molecule has 0 aliphatic heterocycles. The van der Waals surface area contributed by atoms with Gasteiger partial charge in [-0.1, -0.05) is 32.4 Å². The number of Topliss-reactive ketones (excluding diaryl/α,β-unsaturated/α-hetero) is 2. The number of nitrogens with zero attached hydrogens (tertiary/aromatic N) is 1. The van der Waals surface area contributed by atoms with Crippen molar-refractivity contribution in [2.45, 2.75) is 59.3 Å². The van der Waals surface area contributed by atoms with Crippen LogP contribution in [-0.4, -0.2) is 62.6 Å². The summed E-state index contributed by atoms with van der Waals surface area (Å²) in [6, 6.07) is 7.04. The molecular weight excluding hydrogens is 450 g/mol. The lowest BCUT2D eigenvalue weighted by Crippen LogP contribution is -2.33. The number of amides is 3. The quantitative estimate of drug-likeness (QED) is 0.324. The third kappa shape index (κ3) is 12.8. The Morgan fingerprint density at radius 2 is 1.71 bits per heavy atom. The van der Waals surface area contributed by atoms with Crippen molar-refractivity contribution in [1.82, 2.24) is 10.6 Å². The lowest BCUT2D eigenvalue weighted by Gasteiger charge is -2.18. The summed E-state index contributed by atoms with van der Waals surface area (Å²) >= 11 is 0. The Bertz CT molecular complexity index is 870. The fraction of sp³-hybridized carbons (Fsp3) is 0.577. The van der Waals surface area contributed by atoms with E-state index in [1.165, 1.54) is 4.90 Å². The number of benzene rings is 1. The van der Waals surface area contributed by atoms with Crippen LogP contribution < -0.4 is 15.5 Å². The fourth-order valence-corrected chi connectivity index (χ4v) is 3.17. The van der Waals surface area contributed by atoms with Gasteiger partial charge < -0.3 is 20.3 Å². The first-order chi connectivity index (χ1) is 16.6. The summed E-state index contributed by atoms with van der Waals surface area (Å²) in [6.45, 7) is 5.61. The van der Waals surface area contributed by atoms with Gasteiger partial charge in [0, 0.05) is 44.6 Å². The Kier molecular flexibility index (Phi) is 14.2. The molecular formula is C26H39N3O6. The highest BCUT2D eigenvalue weighted by Gasteiger charge is 2.14. The van der Waals surface area contributed by atoms with E-state index < -0.39 is 0 Å². The second-order valence-corrected chi connectivity index (χ2v) is 8.64. The van der Waals surface area contributed by atoms with Crippen molar-refractivity contribution in [3.05, 3.63) is 29.8 Å². The average Bonchev–Trinajstić information content (AvgIpc) is 2.82. The van der Waals surface area contributed by atoms with Crippen LogP contribution in [0.2, 0.25) is 0 Å². The second kappa shape index (κ2) is 16.5. The van der Waals surface area contributed by atoms with Gasteiger partial charge in [-0.3, -0.25) is 24.0 Å². The molecule has 0 heterocycles. The van der Waals surface area contributed by atoms with Gasteiger partial charge in [-0.15, -0.1) is 0 Å². The molecule has 9 heteroatoms. The van der Waals surface area contributed by atoms with Crippen LogP contribution in [0.1, 0.15) is 58.4 Å². The lowest BCUT2D eigenvalue weighted by molar-refractivity contribution is -0.129. The van der Waals surface area contributed by atoms with Crippen LogP contribution in [0.3, 0.4) is 0 Å². The van der Waals surface area contributed by atoms with Crippen LogP contribution in [0.25, 0.3) is 0 Å². The minimum Gasteiger partial charge on any atom is -0.362 e. The molecule has 0 bridgehead atoms. The molecule has 9 nitrogen and oxygen atoms in total. The van der Waals surface area contributed by atoms with E-state index >= 15 is 0 Å². The molecule has 1 atom stereocenters. The Hall–Kier alpha value is -3.07. The molecule has 3 amide bonds. The number of anilines is 1. The monoisotopic (exact) mass is 489 g/mol. The molecule has 35 heavy (non-hydrogen) atoms. The summed E-state index contributed by atoms with van der Waals surface area (Å²) in [6.07, 6.45) is 3.34. The number of nitrogens with one attached hydrogen (secondary N) is 2. The van der Waals surface area contributed by atoms with E-state index in [1.807, 2.05) is 6.92 Å². The maximum atomic E-state index is 12.4. The molecule has 0 radical (unpaired) electrons. The SMILES string of the molecule is CCC(=O)CCNC(=O)Cc1cccc(N(C)C(=O)COCC(=O)NCCCCC(C)C(C)=O)c1. The van der Waals surface area contributed by atoms with E-state index in [0.717, 1.165) is 24.8 Å². The molecule has 1 aromatic carbocycles. The van der Waals surface area contributed by atoms with E-state index in [9.17, 15) is 24.0 Å². The number of likely N-dealkylation sites (N-methyl/N-ethyl adjacent to an activating group) is 1. The summed E-state index contributed by atoms with van der Waals surface area (Å²) in [4.78, 5) is 60.4. The first-order valence-corrected chi connectivity index (χ1v) is 12.1. The second-order valence-electron chi connectivity index (χ2n) is 8.64. The number of unbranched alkanes of at least 4 members (excludes halogenated alkanes) is 1. The van der Waals surface area contributed by atoms with E-state index in [2.05, 4.69) is 10.6 Å². The minimum atomic E-state index is -0.323. The van der Waals surface area contributed by atoms with Gasteiger partial charge in [-0.05, 0) is 37.5 Å². The molecule has 1 aromatic rings. The Labute approximate surface area is 208 Å². The number of rotatable bonds is 17. The summed E-state index contributed by atoms with van der Waals surface area (Å²) in [5.74, 6) is -0.502. The van der Waals surface area contributed by atoms with Gasteiger partial charge in [0.1, 0.15) is 24.8 Å². The normalized spacial score (nSPS) is 11.4. The van der Waals surface area contributed by atoms with Crippen molar-refractivity contribution in [3.63, 3.8) is 0 Å². The fourth-order valence-electron chi connectivity index (χ4n) is 3.17. The van der Waals surface area contributed by atoms with E-state index in [4.69, 9.17) is 4.74 Å². The van der Waals surface area contributed by atoms with Gasteiger partial charge in [0.05, 0.1) is 6.42 Å². The Morgan fingerprint density at radius 3 is 2.40 bits per heavy atom. The van der Waals surface area contributed by atoms with Crippen molar-refractivity contribution in [1.29, 1.82) is 0 Å². The zero-order valence-electron chi connectivity index (χ0n) is 21.4. The van der Waals surface area contributed by atoms with Gasteiger partial charge in [0.15, 0.2) is 0 Å². The van der Waals surface area contributed by atoms with Crippen LogP contribution in [0.4, 0.5) is 5.69 Å². The molecule has 0 saturated heterocycles. The van der Waals surface area contributed by atoms with Crippen molar-refractivity contribution in [2.75, 3.05) is 38.3 Å². The summed E-state index contributed by atoms with van der Waals surface area (Å²) in [5, 5.41) is 5.46. The van der Waals surface area contributed by atoms with Gasteiger partial charge in [0.2, 0.25) is 11.8 Å². The molecule has 194 valence electrons. The van der Waals surface area contributed by atoms with E-state index in [-0.39, 0.29) is 54.8 Å². The van der Waals surface area contributed by atoms with Crippen molar-refractivity contribution < 1.29 is 28.7 Å². The Morgan fingerprint density at radius 1 is 1.00 bits per heavy atom. The first-order valence-electron chi connectivity index (χ1n) is 12.1. The average molecular weight is 490 g/mol. The number of carbonyl (C=O) groups excluding carboxylic acids is 5. The third-order valence-corrected chi connectivity index (χ3v) is 5.70. The highest BCUT2D eigenvalue weighted by Crippen LogP contribution is 2.16. The van der Waals surface area contributed by atoms with Gasteiger partial charge >= 0.3 is 0 Å². The summed E-state index contributed by atoms with van der Waals surface area (Å²) < 4.78 is 5.25. The van der Waals surface area contributed by atoms with E-state index in [1.54, 1.807) is 45.2 Å². The highest BCUT2D eigenvalue weighted by molar-refractivity contribution is 5.94. The maximum absolute atomic E-state index is 12.4. The number of ether oxygens (including phenoxy) is 1. The molecule has 0 aromatic heterocycles. The Balaban J connectivity index is 2.34. The van der Waals surface area contributed by atoms with Crippen molar-refractivity contribution in [3.8, 4) is 0 Å². The summed E-state index contributed by atoms with van der Waals surface area (Å²) in [7, 11) is 1.60. The molecule has 0 fully saturated rings. The standard InChI is InChI=1S/C26H39N3O6/c1-5-23(31)12-14-28-24(32)16-21-10-8-11-22(15-21)29(4)26(34)18-35-17-25(33)27-13-7-6-9-19(2)20(3)30/h8,10-11,15,19H,5-7,9,12-14,16-18H2,1-4H3,(H,27,33)(H,28,32). The zero-order chi connectivity index (χ0) is 26.2. The smallest absolute Gasteiger partial charge is 0.252 e. The first kappa shape index (κ1) is 30.0. The zero-order valence-corrected chi connectivity index (χ0v) is 21.4. The predicted molar refractivity (Wildman–Crippen MR) is 134 cm³/mol. The third-order valence-electron chi connectivity index (χ3n) is 5.70. The number of carbonyl (C=O) groups is 5. The molecule has 0 saturated carbocycles. The maximum Gasteiger partial charge on any atom is 0.252 e. The van der Waals surface area contributed by atoms with Gasteiger partial charge in [-0.25, -0.2) is 0 Å². The van der Waals surface area contributed by atoms with Crippen molar-refractivity contribution >= 4 is 35.0 Å². The topological polar surface area (TPSA) is 122 Å². The van der Waals surface area contributed by atoms with Gasteiger partial charge in [-0.2, -0.15) is 0 Å². The lowest BCUT2D eigenvalue weighted by atomic mass is 10.0. The van der Waals surface area contributed by atoms with Crippen LogP contribution >= 0.6 is 0 Å². The number of hydrogen-bond acceptors (Lipinski definition) is 6. The molecule has 0 aliphatic rings. The minimum absolute atomic E-state index is 0.0392. The molecule has 1 rings (SSSR count). The molecule has 0 aliphatic carbocycles. The number of ketones is 2. The van der Waals surface area contributed by atoms with Crippen LogP contribution in [0.5, 0.6) is 0 Å². The van der Waals surface area contributed by atoms with Crippen molar-refractivity contribution in [2.24, 2.45) is 5.92 Å². The number of hydrogen-bond donors (Lipinski definition) is 2. The molecule has 2 N–H and O–H groups in total. The van der Waals surface area contributed by atoms with Crippen LogP contribution in [0.15, 0.2) is 24.3 Å². The van der Waals surface area contributed by atoms with Crippen LogP contribution in [-0.2, 0) is 35.1 Å². The van der Waals surface area contributed by atoms with Gasteiger partial charge in [0.25, 0.3) is 5.91 Å². The van der Waals surface area contributed by atoms with Crippen LogP contribution in [0, 0.1) is 5.92 Å². The van der Waals surface area contributed by atoms with E-state index in [0.29, 0.717) is 31.6 Å². The molecule has 1 unspecified atom stereocenters. The molecule has 0 spiro atoms. The predicted octanol–water partition coefficient (Wildman–Crippen LogP) is 2.21. The highest BCUT2D eigenvalue weighted by atomic mass is 16.5.